The Labute approximate surface area is 478 Å². The number of aliphatic hydroxyl groups is 1. The van der Waals surface area contributed by atoms with E-state index in [0.717, 1.165) is 49.8 Å². The Kier molecular flexibility index (Phi) is 24.1. The Hall–Kier alpha value is -7.28. The first kappa shape index (κ1) is 65.5. The Bertz CT molecular complexity index is 2800. The van der Waals surface area contributed by atoms with Gasteiger partial charge in [0, 0.05) is 61.4 Å². The number of aryl methyl sites for hydroxylation is 1. The molecule has 4 aliphatic rings. The minimum atomic E-state index is -1.47. The van der Waals surface area contributed by atoms with Crippen LogP contribution in [-0.2, 0) is 62.5 Å². The van der Waals surface area contributed by atoms with Crippen LogP contribution in [-0.4, -0.2) is 131 Å². The van der Waals surface area contributed by atoms with E-state index in [1.807, 2.05) is 68.4 Å². The highest BCUT2D eigenvalue weighted by Gasteiger charge is 2.43. The summed E-state index contributed by atoms with van der Waals surface area (Å²) >= 11 is 0. The zero-order valence-corrected chi connectivity index (χ0v) is 48.8. The number of ether oxygens (including phenoxy) is 7. The number of anilines is 2. The fourth-order valence-electron chi connectivity index (χ4n) is 9.28. The molecule has 5 amide bonds. The predicted octanol–water partition coefficient (Wildman–Crippen LogP) is 7.59. The second-order valence-corrected chi connectivity index (χ2v) is 21.6. The van der Waals surface area contributed by atoms with Gasteiger partial charge in [-0.25, -0.2) is 19.4 Å². The van der Waals surface area contributed by atoms with Gasteiger partial charge in [-0.15, -0.1) is 0 Å². The SMILES string of the molecule is CC.CCCCNC(=O)C(C)(C)CCOC(C)(C)C.CCCCc1c2c(nc3cc4c(c(NC(=O)OCc5ccc(OC6CC(O)CC(C(=O)O)O6)c(NC(=O)CCNC(=O)CN)c5)c13)OCO4)C1=CC(C)C(COC(=O)O)C(=O)N1C2. The summed E-state index contributed by atoms with van der Waals surface area (Å²) in [5.41, 5.74) is 8.92. The summed E-state index contributed by atoms with van der Waals surface area (Å²) in [7, 11) is 0. The second-order valence-electron chi connectivity index (χ2n) is 21.6. The Morgan fingerprint density at radius 1 is 0.915 bits per heavy atom. The molecule has 1 aromatic heterocycles. The van der Waals surface area contributed by atoms with Crippen molar-refractivity contribution in [1.82, 2.24) is 20.5 Å². The van der Waals surface area contributed by atoms with Gasteiger partial charge >= 0.3 is 18.2 Å². The predicted molar refractivity (Wildman–Crippen MR) is 303 cm³/mol. The monoisotopic (exact) mass is 1150 g/mol. The summed E-state index contributed by atoms with van der Waals surface area (Å²) in [6, 6.07) is 6.23. The van der Waals surface area contributed by atoms with E-state index in [4.69, 9.17) is 49.0 Å². The van der Waals surface area contributed by atoms with Gasteiger partial charge in [0.2, 0.25) is 36.7 Å². The van der Waals surface area contributed by atoms with Crippen LogP contribution in [0.15, 0.2) is 30.3 Å². The largest absolute Gasteiger partial charge is 0.505 e. The number of allylic oxidation sites excluding steroid dienone is 1. The lowest BCUT2D eigenvalue weighted by Gasteiger charge is -2.31. The first-order valence-corrected chi connectivity index (χ1v) is 28.1. The highest BCUT2D eigenvalue weighted by atomic mass is 16.7. The summed E-state index contributed by atoms with van der Waals surface area (Å²) in [5.74, 6) is -2.80. The van der Waals surface area contributed by atoms with Crippen LogP contribution < -0.4 is 41.2 Å². The summed E-state index contributed by atoms with van der Waals surface area (Å²) in [6.45, 7) is 20.6. The second kappa shape index (κ2) is 30.1. The van der Waals surface area contributed by atoms with Crippen molar-refractivity contribution in [2.45, 2.75) is 164 Å². The molecule has 5 atom stereocenters. The van der Waals surface area contributed by atoms with Crippen molar-refractivity contribution in [3.05, 3.63) is 52.7 Å². The molecule has 1 fully saturated rings. The minimum absolute atomic E-state index is 0.0116. The molecule has 0 aliphatic carbocycles. The van der Waals surface area contributed by atoms with Crippen molar-refractivity contribution in [3.8, 4) is 17.2 Å². The van der Waals surface area contributed by atoms with Crippen molar-refractivity contribution < 1.29 is 82.0 Å². The van der Waals surface area contributed by atoms with Crippen molar-refractivity contribution >= 4 is 69.8 Å². The number of nitrogens with two attached hydrogens (primary N) is 1. The number of fused-ring (bicyclic) bond motifs is 5. The van der Waals surface area contributed by atoms with E-state index in [1.165, 1.54) is 12.1 Å². The van der Waals surface area contributed by atoms with Gasteiger partial charge in [0.1, 0.15) is 24.7 Å². The van der Waals surface area contributed by atoms with Gasteiger partial charge in [-0.05, 0) is 75.6 Å². The number of carbonyl (C=O) groups excluding carboxylic acids is 5. The lowest BCUT2D eigenvalue weighted by molar-refractivity contribution is -0.195. The highest BCUT2D eigenvalue weighted by Crippen LogP contribution is 2.49. The number of aliphatic carboxylic acids is 1. The zero-order valence-electron chi connectivity index (χ0n) is 48.8. The summed E-state index contributed by atoms with van der Waals surface area (Å²) < 4.78 is 39.2. The van der Waals surface area contributed by atoms with E-state index in [-0.39, 0.29) is 111 Å². The molecule has 3 aromatic rings. The molecule has 0 saturated carbocycles. The molecule has 7 rings (SSSR count). The topological polar surface area (TPSA) is 335 Å². The van der Waals surface area contributed by atoms with Crippen LogP contribution in [0.5, 0.6) is 17.2 Å². The third-order valence-corrected chi connectivity index (χ3v) is 13.7. The van der Waals surface area contributed by atoms with Gasteiger partial charge < -0.3 is 75.1 Å². The first-order valence-electron chi connectivity index (χ1n) is 28.1. The standard InChI is InChI=1S/C42H48N6O15.C14H29NO2.C2H6/c1-3-4-5-23-24-16-48-28(10-20(2)25(39(48)52)18-59-42(56)57)36(24)46-27-14-30-38(61-19-60-30)37(35(23)27)47-41(55)58-17-21-6-7-29(62-34-13-22(49)12-31(63-34)40(53)54)26(11-21)45-32(50)8-9-44-33(51)15-43;1-7-8-10-15-12(16)14(5,6)9-11-17-13(2,3)4;1-2/h6-7,10-11,14,20,22,25,31,34,49H,3-5,8-9,12-13,15-19,43H2,1-2H3,(H,44,51)(H,45,50)(H,47,55)(H,53,54)(H,56,57);7-11H2,1-6H3,(H,15,16);1-2H3. The lowest BCUT2D eigenvalue weighted by atomic mass is 9.88. The van der Waals surface area contributed by atoms with E-state index in [9.17, 15) is 43.8 Å². The third-order valence-electron chi connectivity index (χ3n) is 13.7. The average molecular weight is 1150 g/mol. The molecule has 1 saturated heterocycles. The molecule has 2 aromatic carbocycles. The number of hydrogen-bond donors (Lipinski definition) is 8. The number of benzene rings is 2. The van der Waals surface area contributed by atoms with E-state index < -0.39 is 54.4 Å². The third kappa shape index (κ3) is 17.9. The normalized spacial score (nSPS) is 18.7. The Balaban J connectivity index is 0.000000558. The van der Waals surface area contributed by atoms with Crippen molar-refractivity contribution in [3.63, 3.8) is 0 Å². The van der Waals surface area contributed by atoms with E-state index >= 15 is 0 Å². The lowest BCUT2D eigenvalue weighted by Crippen LogP contribution is -2.42. The molecule has 452 valence electrons. The molecule has 5 unspecified atom stereocenters. The maximum atomic E-state index is 13.8. The number of nitrogens with one attached hydrogen (secondary N) is 4. The average Bonchev–Trinajstić information content (AvgIpc) is 1.92. The zero-order chi connectivity index (χ0) is 60.5. The summed E-state index contributed by atoms with van der Waals surface area (Å²) in [6.07, 6.45) is 0.781. The van der Waals surface area contributed by atoms with E-state index in [1.54, 1.807) is 17.0 Å². The van der Waals surface area contributed by atoms with Crippen molar-refractivity contribution in [2.24, 2.45) is 23.0 Å². The maximum absolute atomic E-state index is 13.8. The van der Waals surface area contributed by atoms with Gasteiger partial charge in [0.15, 0.2) is 17.6 Å². The number of aliphatic hydroxyl groups excluding tert-OH is 1. The molecule has 9 N–H and O–H groups in total. The fourth-order valence-corrected chi connectivity index (χ4v) is 9.28. The smallest absolute Gasteiger partial charge is 0.479 e. The van der Waals surface area contributed by atoms with Crippen LogP contribution >= 0.6 is 0 Å². The van der Waals surface area contributed by atoms with Crippen molar-refractivity contribution in [2.75, 3.05) is 50.3 Å². The summed E-state index contributed by atoms with van der Waals surface area (Å²) in [5, 5.41) is 40.5. The number of nitrogens with zero attached hydrogens (tertiary/aromatic N) is 2. The minimum Gasteiger partial charge on any atom is -0.479 e. The molecule has 5 heterocycles. The van der Waals surface area contributed by atoms with E-state index in [2.05, 4.69) is 28.2 Å². The highest BCUT2D eigenvalue weighted by molar-refractivity contribution is 6.07. The number of rotatable bonds is 23. The molecule has 0 spiro atoms. The summed E-state index contributed by atoms with van der Waals surface area (Å²) in [4.78, 5) is 93.4. The van der Waals surface area contributed by atoms with Gasteiger partial charge in [-0.2, -0.15) is 0 Å². The molecule has 0 radical (unpaired) electrons. The van der Waals surface area contributed by atoms with E-state index in [0.29, 0.717) is 46.6 Å². The van der Waals surface area contributed by atoms with Crippen LogP contribution in [0.1, 0.15) is 143 Å². The van der Waals surface area contributed by atoms with Crippen LogP contribution in [0.4, 0.5) is 21.0 Å². The van der Waals surface area contributed by atoms with Crippen molar-refractivity contribution in [1.29, 1.82) is 0 Å². The number of pyridine rings is 1. The Morgan fingerprint density at radius 2 is 1.65 bits per heavy atom. The number of aromatic nitrogens is 1. The molecule has 24 heteroatoms. The number of carboxylic acids is 1. The fraction of sp³-hybridized carbons (Fsp3) is 0.586. The number of hydrogen-bond acceptors (Lipinski definition) is 17. The van der Waals surface area contributed by atoms with Crippen LogP contribution in [0.2, 0.25) is 0 Å². The number of unbranched alkanes of at least 4 members (excludes halogenated alkanes) is 2. The molecule has 4 aliphatic heterocycles. The van der Waals surface area contributed by atoms with Gasteiger partial charge in [0.05, 0.1) is 53.3 Å². The quantitative estimate of drug-likeness (QED) is 0.0335. The molecular formula is C58H83N7O17. The maximum Gasteiger partial charge on any atom is 0.505 e. The number of carboxylic acid groups (broad SMARTS) is 2. The first-order chi connectivity index (χ1) is 38.9. The van der Waals surface area contributed by atoms with Gasteiger partial charge in [0.25, 0.3) is 0 Å². The number of amides is 5. The van der Waals surface area contributed by atoms with Crippen LogP contribution in [0, 0.1) is 17.3 Å². The molecular weight excluding hydrogens is 1070 g/mol. The Morgan fingerprint density at radius 3 is 2.32 bits per heavy atom. The van der Waals surface area contributed by atoms with Gasteiger partial charge in [-0.1, -0.05) is 73.5 Å². The molecule has 24 nitrogen and oxygen atoms in total. The van der Waals surface area contributed by atoms with Crippen LogP contribution in [0.25, 0.3) is 16.6 Å². The van der Waals surface area contributed by atoms with Crippen LogP contribution in [0.3, 0.4) is 0 Å². The van der Waals surface area contributed by atoms with Gasteiger partial charge in [-0.3, -0.25) is 24.5 Å². The molecule has 82 heavy (non-hydrogen) atoms. The molecule has 0 bridgehead atoms. The number of carbonyl (C=O) groups is 7.